The molecule has 2 aromatic rings. The Balaban J connectivity index is 1.58. The van der Waals surface area contributed by atoms with E-state index in [0.717, 1.165) is 12.0 Å². The molecule has 1 saturated heterocycles. The van der Waals surface area contributed by atoms with Gasteiger partial charge < -0.3 is 10.2 Å². The summed E-state index contributed by atoms with van der Waals surface area (Å²) in [7, 11) is 0. The molecule has 0 aromatic heterocycles. The summed E-state index contributed by atoms with van der Waals surface area (Å²) in [4.78, 5) is 26.2. The predicted molar refractivity (Wildman–Crippen MR) is 94.9 cm³/mol. The highest BCUT2D eigenvalue weighted by atomic mass is 35.5. The Morgan fingerprint density at radius 1 is 1.24 bits per heavy atom. The molecular weight excluding hydrogens is 343 g/mol. The van der Waals surface area contributed by atoms with Gasteiger partial charge in [0.15, 0.2) is 0 Å². The summed E-state index contributed by atoms with van der Waals surface area (Å²) < 4.78 is 13.7. The number of likely N-dealkylation sites (tertiary alicyclic amines) is 1. The molecule has 2 aromatic carbocycles. The van der Waals surface area contributed by atoms with Gasteiger partial charge in [0, 0.05) is 24.5 Å². The number of hydrogen-bond acceptors (Lipinski definition) is 2. The molecule has 1 atom stereocenters. The number of hydrogen-bond donors (Lipinski definition) is 1. The van der Waals surface area contributed by atoms with Gasteiger partial charge in [-0.15, -0.1) is 0 Å². The van der Waals surface area contributed by atoms with Gasteiger partial charge in [0.25, 0.3) is 0 Å². The molecule has 1 heterocycles. The molecule has 6 heteroatoms. The number of amides is 2. The maximum Gasteiger partial charge on any atom is 0.229 e. The van der Waals surface area contributed by atoms with Gasteiger partial charge in [-0.25, -0.2) is 4.39 Å². The lowest BCUT2D eigenvalue weighted by Crippen LogP contribution is -2.30. The van der Waals surface area contributed by atoms with Crippen LogP contribution in [0.15, 0.2) is 48.5 Å². The summed E-state index contributed by atoms with van der Waals surface area (Å²) in [6.07, 6.45) is 0.882. The molecule has 0 radical (unpaired) electrons. The molecule has 0 saturated carbocycles. The summed E-state index contributed by atoms with van der Waals surface area (Å²) in [5, 5.41) is 2.87. The normalized spacial score (nSPS) is 17.0. The van der Waals surface area contributed by atoms with E-state index in [-0.39, 0.29) is 23.9 Å². The summed E-state index contributed by atoms with van der Waals surface area (Å²) in [5.74, 6) is -1.45. The molecule has 4 nitrogen and oxygen atoms in total. The highest BCUT2D eigenvalue weighted by Gasteiger charge is 2.34. The predicted octanol–water partition coefficient (Wildman–Crippen LogP) is 3.51. The van der Waals surface area contributed by atoms with Crippen LogP contribution in [-0.2, 0) is 16.0 Å². The minimum atomic E-state index is -0.553. The van der Waals surface area contributed by atoms with Crippen LogP contribution in [0.1, 0.15) is 12.0 Å². The average Bonchev–Trinajstić information content (AvgIpc) is 2.98. The minimum absolute atomic E-state index is 0.0349. The minimum Gasteiger partial charge on any atom is -0.342 e. The van der Waals surface area contributed by atoms with E-state index in [0.29, 0.717) is 18.1 Å². The van der Waals surface area contributed by atoms with Crippen molar-refractivity contribution in [3.8, 4) is 0 Å². The van der Waals surface area contributed by atoms with Gasteiger partial charge in [-0.2, -0.15) is 0 Å². The van der Waals surface area contributed by atoms with Crippen LogP contribution in [0.2, 0.25) is 5.02 Å². The van der Waals surface area contributed by atoms with Crippen molar-refractivity contribution < 1.29 is 14.0 Å². The highest BCUT2D eigenvalue weighted by molar-refractivity contribution is 6.30. The van der Waals surface area contributed by atoms with E-state index in [9.17, 15) is 14.0 Å². The fourth-order valence-electron chi connectivity index (χ4n) is 2.90. The van der Waals surface area contributed by atoms with Crippen LogP contribution >= 0.6 is 11.6 Å². The van der Waals surface area contributed by atoms with Crippen LogP contribution in [0.5, 0.6) is 0 Å². The number of halogens is 2. The van der Waals surface area contributed by atoms with Gasteiger partial charge in [0.1, 0.15) is 5.82 Å². The van der Waals surface area contributed by atoms with E-state index >= 15 is 0 Å². The number of carbonyl (C=O) groups is 2. The first-order chi connectivity index (χ1) is 12.0. The molecule has 2 amide bonds. The molecule has 25 heavy (non-hydrogen) atoms. The van der Waals surface area contributed by atoms with E-state index < -0.39 is 11.7 Å². The quantitative estimate of drug-likeness (QED) is 0.887. The number of carbonyl (C=O) groups excluding carboxylic acids is 2. The maximum absolute atomic E-state index is 13.7. The van der Waals surface area contributed by atoms with Gasteiger partial charge in [0.05, 0.1) is 11.6 Å². The zero-order valence-corrected chi connectivity index (χ0v) is 14.3. The van der Waals surface area contributed by atoms with Crippen molar-refractivity contribution in [1.29, 1.82) is 0 Å². The number of nitrogens with zero attached hydrogens (tertiary/aromatic N) is 1. The summed E-state index contributed by atoms with van der Waals surface area (Å²) in [6, 6.07) is 13.8. The molecule has 0 spiro atoms. The molecule has 0 unspecified atom stereocenters. The van der Waals surface area contributed by atoms with E-state index in [2.05, 4.69) is 5.32 Å². The maximum atomic E-state index is 13.7. The Morgan fingerprint density at radius 3 is 2.76 bits per heavy atom. The molecule has 1 aliphatic rings. The van der Waals surface area contributed by atoms with E-state index in [1.807, 2.05) is 30.3 Å². The Labute approximate surface area is 150 Å². The Morgan fingerprint density at radius 2 is 2.00 bits per heavy atom. The average molecular weight is 361 g/mol. The highest BCUT2D eigenvalue weighted by Crippen LogP contribution is 2.23. The van der Waals surface area contributed by atoms with Crippen molar-refractivity contribution in [3.63, 3.8) is 0 Å². The van der Waals surface area contributed by atoms with Crippen LogP contribution < -0.4 is 5.32 Å². The summed E-state index contributed by atoms with van der Waals surface area (Å²) in [6.45, 7) is 0.915. The lowest BCUT2D eigenvalue weighted by Gasteiger charge is -2.16. The van der Waals surface area contributed by atoms with E-state index in [4.69, 9.17) is 11.6 Å². The third kappa shape index (κ3) is 4.37. The zero-order chi connectivity index (χ0) is 17.8. The first-order valence-electron chi connectivity index (χ1n) is 8.10. The van der Waals surface area contributed by atoms with Crippen LogP contribution in [0.3, 0.4) is 0 Å². The Kier molecular flexibility index (Phi) is 5.34. The first kappa shape index (κ1) is 17.4. The molecule has 130 valence electrons. The summed E-state index contributed by atoms with van der Waals surface area (Å²) >= 11 is 5.83. The molecule has 0 aliphatic carbocycles. The fraction of sp³-hybridized carbons (Fsp3) is 0.263. The van der Waals surface area contributed by atoms with Crippen molar-refractivity contribution in [2.24, 2.45) is 5.92 Å². The van der Waals surface area contributed by atoms with E-state index in [1.165, 1.54) is 18.2 Å². The van der Waals surface area contributed by atoms with Crippen LogP contribution in [-0.4, -0.2) is 29.8 Å². The SMILES string of the molecule is O=C(Nc1cc(Cl)ccc1F)[C@H]1CC(=O)N(CCc2ccccc2)C1. The van der Waals surface area contributed by atoms with Gasteiger partial charge in [-0.1, -0.05) is 41.9 Å². The number of anilines is 1. The molecule has 1 fully saturated rings. The monoisotopic (exact) mass is 360 g/mol. The topological polar surface area (TPSA) is 49.4 Å². The molecule has 1 aliphatic heterocycles. The Hall–Kier alpha value is -2.40. The first-order valence-corrected chi connectivity index (χ1v) is 8.48. The van der Waals surface area contributed by atoms with E-state index in [1.54, 1.807) is 4.90 Å². The van der Waals surface area contributed by atoms with Gasteiger partial charge in [-0.05, 0) is 30.2 Å². The van der Waals surface area contributed by atoms with Crippen LogP contribution in [0.4, 0.5) is 10.1 Å². The van der Waals surface area contributed by atoms with Crippen molar-refractivity contribution >= 4 is 29.1 Å². The number of nitrogens with one attached hydrogen (secondary N) is 1. The van der Waals surface area contributed by atoms with Gasteiger partial charge in [-0.3, -0.25) is 9.59 Å². The van der Waals surface area contributed by atoms with Crippen molar-refractivity contribution in [2.75, 3.05) is 18.4 Å². The zero-order valence-electron chi connectivity index (χ0n) is 13.5. The van der Waals surface area contributed by atoms with Gasteiger partial charge >= 0.3 is 0 Å². The Bertz CT molecular complexity index is 782. The third-order valence-corrected chi connectivity index (χ3v) is 4.52. The second-order valence-electron chi connectivity index (χ2n) is 6.09. The van der Waals surface area contributed by atoms with Crippen molar-refractivity contribution in [2.45, 2.75) is 12.8 Å². The lowest BCUT2D eigenvalue weighted by molar-refractivity contribution is -0.128. The van der Waals surface area contributed by atoms with Crippen molar-refractivity contribution in [3.05, 3.63) is 64.9 Å². The fourth-order valence-corrected chi connectivity index (χ4v) is 3.07. The molecule has 3 rings (SSSR count). The molecule has 0 bridgehead atoms. The number of benzene rings is 2. The second-order valence-corrected chi connectivity index (χ2v) is 6.53. The van der Waals surface area contributed by atoms with Crippen LogP contribution in [0, 0.1) is 11.7 Å². The van der Waals surface area contributed by atoms with Gasteiger partial charge in [0.2, 0.25) is 11.8 Å². The third-order valence-electron chi connectivity index (χ3n) is 4.28. The largest absolute Gasteiger partial charge is 0.342 e. The second kappa shape index (κ2) is 7.66. The molecular formula is C19H18ClFN2O2. The lowest BCUT2D eigenvalue weighted by atomic mass is 10.1. The summed E-state index contributed by atoms with van der Waals surface area (Å²) in [5.41, 5.74) is 1.18. The van der Waals surface area contributed by atoms with Crippen molar-refractivity contribution in [1.82, 2.24) is 4.90 Å². The molecule has 1 N–H and O–H groups in total. The number of rotatable bonds is 5. The smallest absolute Gasteiger partial charge is 0.229 e. The standard InChI is InChI=1S/C19H18ClFN2O2/c20-15-6-7-16(21)17(11-15)22-19(25)14-10-18(24)23(12-14)9-8-13-4-2-1-3-5-13/h1-7,11,14H,8-10,12H2,(H,22,25)/t14-/m0/s1. The van der Waals surface area contributed by atoms with Crippen LogP contribution in [0.25, 0.3) is 0 Å².